The molecule has 0 saturated heterocycles. The van der Waals surface area contributed by atoms with Gasteiger partial charge >= 0.3 is 13.9 Å². The Labute approximate surface area is 49.6 Å². The molecule has 0 rings (SSSR count). The zero-order valence-corrected chi connectivity index (χ0v) is 5.87. The molecule has 0 amide bonds. The van der Waals surface area contributed by atoms with Gasteiger partial charge in [0.15, 0.2) is 0 Å². The van der Waals surface area contributed by atoms with Gasteiger partial charge in [0.2, 0.25) is 0 Å². The predicted molar refractivity (Wildman–Crippen MR) is 34.9 cm³/mol. The van der Waals surface area contributed by atoms with E-state index in [1.807, 2.05) is 0 Å². The second kappa shape index (κ2) is 3.58. The van der Waals surface area contributed by atoms with E-state index >= 15 is 0 Å². The smallest absolute Gasteiger partial charge is 0.247 e. The van der Waals surface area contributed by atoms with Gasteiger partial charge in [0.05, 0.1) is 0 Å². The summed E-state index contributed by atoms with van der Waals surface area (Å²) in [5.41, 5.74) is 0. The summed E-state index contributed by atoms with van der Waals surface area (Å²) in [5.74, 6) is -0.291. The zero-order chi connectivity index (χ0) is 6.57. The van der Waals surface area contributed by atoms with Crippen molar-refractivity contribution in [3.63, 3.8) is 0 Å². The Morgan fingerprint density at radius 3 is 2.50 bits per heavy atom. The van der Waals surface area contributed by atoms with Crippen molar-refractivity contribution in [1.29, 1.82) is 0 Å². The van der Waals surface area contributed by atoms with Crippen LogP contribution in [0.5, 0.6) is 0 Å². The Morgan fingerprint density at radius 2 is 2.38 bits per heavy atom. The van der Waals surface area contributed by atoms with Crippen LogP contribution in [0.2, 0.25) is 0 Å². The minimum absolute atomic E-state index is 0.291. The molecule has 0 saturated carbocycles. The lowest BCUT2D eigenvalue weighted by atomic mass is 10.9. The zero-order valence-electron chi connectivity index (χ0n) is 4.97. The lowest BCUT2D eigenvalue weighted by Gasteiger charge is -1.84. The van der Waals surface area contributed by atoms with Crippen LogP contribution < -0.4 is 5.09 Å². The highest BCUT2D eigenvalue weighted by Gasteiger charge is 2.05. The monoisotopic (exact) mass is 134 g/mol. The molecule has 0 heterocycles. The SMILES string of the molecule is C=[P+](NC)OC(C)=O. The maximum atomic E-state index is 10.1. The highest BCUT2D eigenvalue weighted by molar-refractivity contribution is 7.49. The van der Waals surface area contributed by atoms with E-state index < -0.39 is 7.92 Å². The Hall–Kier alpha value is -0.400. The van der Waals surface area contributed by atoms with Gasteiger partial charge in [0.1, 0.15) is 6.30 Å². The van der Waals surface area contributed by atoms with Crippen LogP contribution in [-0.2, 0) is 9.32 Å². The molecule has 46 valence electrons. The third kappa shape index (κ3) is 3.78. The molecule has 0 bridgehead atoms. The molecule has 0 spiro atoms. The maximum absolute atomic E-state index is 10.1. The first-order chi connectivity index (χ1) is 3.66. The average Bonchev–Trinajstić information content (AvgIpc) is 1.65. The molecule has 0 radical (unpaired) electrons. The van der Waals surface area contributed by atoms with Crippen LogP contribution in [0.1, 0.15) is 6.92 Å². The molecule has 0 aliphatic rings. The molecule has 0 aliphatic carbocycles. The van der Waals surface area contributed by atoms with Crippen LogP contribution in [0.25, 0.3) is 0 Å². The van der Waals surface area contributed by atoms with Gasteiger partial charge in [0.25, 0.3) is 0 Å². The number of hydrogen-bond acceptors (Lipinski definition) is 3. The molecule has 0 aromatic carbocycles. The number of hydrogen-bond donors (Lipinski definition) is 1. The molecule has 0 aliphatic heterocycles. The molecule has 8 heavy (non-hydrogen) atoms. The summed E-state index contributed by atoms with van der Waals surface area (Å²) in [7, 11) is 0.729. The Morgan fingerprint density at radius 1 is 1.88 bits per heavy atom. The van der Waals surface area contributed by atoms with E-state index in [2.05, 4.69) is 15.9 Å². The van der Waals surface area contributed by atoms with Crippen LogP contribution in [0.4, 0.5) is 0 Å². The number of carbonyl (C=O) groups excluding carboxylic acids is 1. The summed E-state index contributed by atoms with van der Waals surface area (Å²) in [6.07, 6.45) is 3.51. The topological polar surface area (TPSA) is 38.3 Å². The Kier molecular flexibility index (Phi) is 3.40. The van der Waals surface area contributed by atoms with Crippen LogP contribution >= 0.6 is 7.92 Å². The molecule has 0 fully saturated rings. The third-order valence-electron chi connectivity index (χ3n) is 0.488. The summed E-state index contributed by atoms with van der Waals surface area (Å²) < 4.78 is 4.60. The van der Waals surface area contributed by atoms with Gasteiger partial charge in [-0.2, -0.15) is 0 Å². The summed E-state index contributed by atoms with van der Waals surface area (Å²) >= 11 is 0. The van der Waals surface area contributed by atoms with E-state index in [0.29, 0.717) is 0 Å². The Balaban J connectivity index is 3.40. The van der Waals surface area contributed by atoms with Crippen LogP contribution in [-0.4, -0.2) is 19.3 Å². The summed E-state index contributed by atoms with van der Waals surface area (Å²) in [6, 6.07) is 0. The molecule has 1 N–H and O–H groups in total. The van der Waals surface area contributed by atoms with Crippen molar-refractivity contribution >= 4 is 20.2 Å². The van der Waals surface area contributed by atoms with Gasteiger partial charge in [-0.05, 0) is 0 Å². The van der Waals surface area contributed by atoms with Crippen molar-refractivity contribution < 1.29 is 9.32 Å². The largest absolute Gasteiger partial charge is 0.397 e. The molecular formula is C4H9NO2P+. The van der Waals surface area contributed by atoms with E-state index in [1.165, 1.54) is 6.92 Å². The standard InChI is InChI=1S/C4H9NO2P/c1-4(6)7-8(3)5-2/h5H,3H2,1-2H3/q+1. The van der Waals surface area contributed by atoms with E-state index in [4.69, 9.17) is 0 Å². The van der Waals surface area contributed by atoms with E-state index in [-0.39, 0.29) is 5.97 Å². The van der Waals surface area contributed by atoms with Crippen molar-refractivity contribution in [1.82, 2.24) is 5.09 Å². The third-order valence-corrected chi connectivity index (χ3v) is 1.46. The quantitative estimate of drug-likeness (QED) is 0.559. The van der Waals surface area contributed by atoms with Gasteiger partial charge < -0.3 is 0 Å². The van der Waals surface area contributed by atoms with E-state index in [9.17, 15) is 4.79 Å². The van der Waals surface area contributed by atoms with Gasteiger partial charge in [-0.25, -0.2) is 9.32 Å². The fourth-order valence-electron chi connectivity index (χ4n) is 0.201. The number of nitrogens with one attached hydrogen (secondary N) is 1. The summed E-state index contributed by atoms with van der Waals surface area (Å²) in [4.78, 5) is 10.1. The van der Waals surface area contributed by atoms with Crippen LogP contribution in [0, 0.1) is 0 Å². The molecule has 3 nitrogen and oxygen atoms in total. The van der Waals surface area contributed by atoms with Gasteiger partial charge in [0, 0.05) is 14.0 Å². The van der Waals surface area contributed by atoms with Gasteiger partial charge in [-0.3, -0.25) is 0 Å². The van der Waals surface area contributed by atoms with Gasteiger partial charge in [-0.1, -0.05) is 0 Å². The average molecular weight is 134 g/mol. The first-order valence-corrected chi connectivity index (χ1v) is 3.58. The normalized spacial score (nSPS) is 10.5. The first-order valence-electron chi connectivity index (χ1n) is 2.13. The van der Waals surface area contributed by atoms with Crippen molar-refractivity contribution in [2.75, 3.05) is 7.05 Å². The molecular weight excluding hydrogens is 125 g/mol. The van der Waals surface area contributed by atoms with Crippen molar-refractivity contribution in [3.05, 3.63) is 0 Å². The van der Waals surface area contributed by atoms with E-state index in [0.717, 1.165) is 0 Å². The molecule has 0 aromatic heterocycles. The highest BCUT2D eigenvalue weighted by atomic mass is 31.1. The number of carbonyl (C=O) groups is 1. The van der Waals surface area contributed by atoms with Crippen molar-refractivity contribution in [2.45, 2.75) is 6.92 Å². The highest BCUT2D eigenvalue weighted by Crippen LogP contribution is 2.12. The second-order valence-electron chi connectivity index (χ2n) is 1.18. The molecule has 1 atom stereocenters. The van der Waals surface area contributed by atoms with E-state index in [1.54, 1.807) is 7.05 Å². The molecule has 0 aromatic rings. The fourth-order valence-corrected chi connectivity index (χ4v) is 0.602. The van der Waals surface area contributed by atoms with Gasteiger partial charge in [-0.15, -0.1) is 5.09 Å². The minimum atomic E-state index is -0.967. The lowest BCUT2D eigenvalue weighted by molar-refractivity contribution is -0.131. The Bertz CT molecular complexity index is 113. The lowest BCUT2D eigenvalue weighted by Crippen LogP contribution is -1.98. The molecule has 4 heteroatoms. The fraction of sp³-hybridized carbons (Fsp3) is 0.500. The van der Waals surface area contributed by atoms with Crippen LogP contribution in [0.15, 0.2) is 0 Å². The minimum Gasteiger partial charge on any atom is -0.247 e. The van der Waals surface area contributed by atoms with Crippen molar-refractivity contribution in [2.24, 2.45) is 0 Å². The maximum Gasteiger partial charge on any atom is 0.397 e. The summed E-state index contributed by atoms with van der Waals surface area (Å²) in [6.45, 7) is 1.36. The predicted octanol–water partition coefficient (Wildman–Crippen LogP) is 0.513. The van der Waals surface area contributed by atoms with Crippen molar-refractivity contribution in [3.8, 4) is 0 Å². The van der Waals surface area contributed by atoms with Crippen LogP contribution in [0.3, 0.4) is 0 Å². The molecule has 1 unspecified atom stereocenters. The number of rotatable bonds is 2. The summed E-state index contributed by atoms with van der Waals surface area (Å²) in [5, 5.41) is 2.71. The first kappa shape index (κ1) is 7.60. The second-order valence-corrected chi connectivity index (χ2v) is 2.57.